The molecule has 1 unspecified atom stereocenters. The summed E-state index contributed by atoms with van der Waals surface area (Å²) in [5.74, 6) is 1.74. The van der Waals surface area contributed by atoms with Crippen LogP contribution in [0.15, 0.2) is 4.52 Å². The third-order valence-electron chi connectivity index (χ3n) is 3.34. The molecule has 17 heavy (non-hydrogen) atoms. The highest BCUT2D eigenvalue weighted by Gasteiger charge is 2.22. The van der Waals surface area contributed by atoms with Gasteiger partial charge in [-0.25, -0.2) is 0 Å². The first-order valence-corrected chi connectivity index (χ1v) is 6.39. The monoisotopic (exact) mass is 239 g/mol. The largest absolute Gasteiger partial charge is 0.383 e. The standard InChI is InChI=1S/C12H21N3O2/c1-16-8-10(13)11-14-12(17-15-11)9-6-4-2-3-5-7-9/h9-10H,2-8,13H2,1H3. The van der Waals surface area contributed by atoms with Crippen LogP contribution in [0.4, 0.5) is 0 Å². The molecule has 0 bridgehead atoms. The summed E-state index contributed by atoms with van der Waals surface area (Å²) in [5.41, 5.74) is 5.87. The van der Waals surface area contributed by atoms with Gasteiger partial charge >= 0.3 is 0 Å². The van der Waals surface area contributed by atoms with Gasteiger partial charge in [-0.05, 0) is 12.8 Å². The van der Waals surface area contributed by atoms with Crippen molar-refractivity contribution >= 4 is 0 Å². The Morgan fingerprint density at radius 2 is 2.06 bits per heavy atom. The molecule has 0 aromatic carbocycles. The summed E-state index contributed by atoms with van der Waals surface area (Å²) in [6, 6.07) is -0.289. The first-order valence-electron chi connectivity index (χ1n) is 6.39. The average Bonchev–Trinajstić information content (AvgIpc) is 2.66. The van der Waals surface area contributed by atoms with Crippen LogP contribution in [0, 0.1) is 0 Å². The second kappa shape index (κ2) is 6.12. The maximum absolute atomic E-state index is 5.87. The minimum atomic E-state index is -0.289. The second-order valence-electron chi connectivity index (χ2n) is 4.74. The molecule has 1 aromatic rings. The lowest BCUT2D eigenvalue weighted by atomic mass is 10.0. The average molecular weight is 239 g/mol. The van der Waals surface area contributed by atoms with Crippen molar-refractivity contribution in [2.24, 2.45) is 5.73 Å². The Morgan fingerprint density at radius 1 is 1.35 bits per heavy atom. The molecule has 1 aliphatic carbocycles. The molecule has 5 heteroatoms. The van der Waals surface area contributed by atoms with Gasteiger partial charge in [0.2, 0.25) is 5.89 Å². The number of nitrogens with zero attached hydrogens (tertiary/aromatic N) is 2. The van der Waals surface area contributed by atoms with Crippen molar-refractivity contribution in [1.29, 1.82) is 0 Å². The molecule has 2 N–H and O–H groups in total. The number of ether oxygens (including phenoxy) is 1. The van der Waals surface area contributed by atoms with Crippen molar-refractivity contribution in [1.82, 2.24) is 10.1 Å². The fourth-order valence-electron chi connectivity index (χ4n) is 2.34. The fourth-order valence-corrected chi connectivity index (χ4v) is 2.34. The van der Waals surface area contributed by atoms with E-state index in [9.17, 15) is 0 Å². The first-order chi connectivity index (χ1) is 8.31. The molecule has 1 heterocycles. The summed E-state index contributed by atoms with van der Waals surface area (Å²) in [7, 11) is 1.62. The summed E-state index contributed by atoms with van der Waals surface area (Å²) in [6.45, 7) is 0.420. The van der Waals surface area contributed by atoms with Crippen LogP contribution in [0.25, 0.3) is 0 Å². The van der Waals surface area contributed by atoms with Crippen molar-refractivity contribution in [3.8, 4) is 0 Å². The molecule has 1 aromatic heterocycles. The normalized spacial score (nSPS) is 20.1. The van der Waals surface area contributed by atoms with E-state index in [2.05, 4.69) is 10.1 Å². The van der Waals surface area contributed by atoms with E-state index < -0.39 is 0 Å². The van der Waals surface area contributed by atoms with E-state index in [1.54, 1.807) is 7.11 Å². The molecule has 1 fully saturated rings. The van der Waals surface area contributed by atoms with Gasteiger partial charge in [-0.3, -0.25) is 0 Å². The predicted octanol–water partition coefficient (Wildman–Crippen LogP) is 2.15. The number of nitrogens with two attached hydrogens (primary N) is 1. The van der Waals surface area contributed by atoms with Gasteiger partial charge in [0, 0.05) is 13.0 Å². The molecule has 96 valence electrons. The number of hydrogen-bond donors (Lipinski definition) is 1. The summed E-state index contributed by atoms with van der Waals surface area (Å²) >= 11 is 0. The lowest BCUT2D eigenvalue weighted by molar-refractivity contribution is 0.177. The van der Waals surface area contributed by atoms with Gasteiger partial charge < -0.3 is 15.0 Å². The molecule has 0 saturated heterocycles. The third kappa shape index (κ3) is 3.26. The molecular weight excluding hydrogens is 218 g/mol. The van der Waals surface area contributed by atoms with Crippen molar-refractivity contribution < 1.29 is 9.26 Å². The van der Waals surface area contributed by atoms with E-state index in [-0.39, 0.29) is 6.04 Å². The molecule has 1 aliphatic rings. The number of methoxy groups -OCH3 is 1. The molecule has 1 atom stereocenters. The van der Waals surface area contributed by atoms with Gasteiger partial charge in [-0.2, -0.15) is 4.98 Å². The quantitative estimate of drug-likeness (QED) is 0.815. The van der Waals surface area contributed by atoms with Crippen LogP contribution in [0.3, 0.4) is 0 Å². The van der Waals surface area contributed by atoms with Gasteiger partial charge in [0.15, 0.2) is 5.82 Å². The van der Waals surface area contributed by atoms with Gasteiger partial charge in [0.25, 0.3) is 0 Å². The Kier molecular flexibility index (Phi) is 4.50. The molecule has 0 aliphatic heterocycles. The van der Waals surface area contributed by atoms with Crippen LogP contribution in [-0.4, -0.2) is 23.9 Å². The van der Waals surface area contributed by atoms with Crippen LogP contribution in [0.5, 0.6) is 0 Å². The van der Waals surface area contributed by atoms with Crippen LogP contribution < -0.4 is 5.73 Å². The Morgan fingerprint density at radius 3 is 2.71 bits per heavy atom. The van der Waals surface area contributed by atoms with Crippen LogP contribution in [0.1, 0.15) is 62.2 Å². The van der Waals surface area contributed by atoms with Crippen LogP contribution in [0.2, 0.25) is 0 Å². The van der Waals surface area contributed by atoms with Gasteiger partial charge in [-0.1, -0.05) is 30.8 Å². The van der Waals surface area contributed by atoms with E-state index in [0.717, 1.165) is 18.7 Å². The highest BCUT2D eigenvalue weighted by atomic mass is 16.5. The van der Waals surface area contributed by atoms with Gasteiger partial charge in [-0.15, -0.1) is 0 Å². The van der Waals surface area contributed by atoms with E-state index in [1.165, 1.54) is 25.7 Å². The highest BCUT2D eigenvalue weighted by Crippen LogP contribution is 2.30. The number of aromatic nitrogens is 2. The van der Waals surface area contributed by atoms with Gasteiger partial charge in [0.05, 0.1) is 12.6 Å². The summed E-state index contributed by atoms with van der Waals surface area (Å²) in [6.07, 6.45) is 7.46. The van der Waals surface area contributed by atoms with E-state index in [1.807, 2.05) is 0 Å². The predicted molar refractivity (Wildman–Crippen MR) is 63.5 cm³/mol. The fraction of sp³-hybridized carbons (Fsp3) is 0.833. The zero-order chi connectivity index (χ0) is 12.1. The van der Waals surface area contributed by atoms with Crippen LogP contribution >= 0.6 is 0 Å². The summed E-state index contributed by atoms with van der Waals surface area (Å²) < 4.78 is 10.3. The zero-order valence-electron chi connectivity index (χ0n) is 10.4. The maximum atomic E-state index is 5.87. The van der Waals surface area contributed by atoms with E-state index in [4.69, 9.17) is 15.0 Å². The zero-order valence-corrected chi connectivity index (χ0v) is 10.4. The number of rotatable bonds is 4. The minimum Gasteiger partial charge on any atom is -0.383 e. The molecule has 2 rings (SSSR count). The highest BCUT2D eigenvalue weighted by molar-refractivity contribution is 4.98. The van der Waals surface area contributed by atoms with Crippen molar-refractivity contribution in [3.63, 3.8) is 0 Å². The van der Waals surface area contributed by atoms with Crippen molar-refractivity contribution in [3.05, 3.63) is 11.7 Å². The van der Waals surface area contributed by atoms with Crippen LogP contribution in [-0.2, 0) is 4.74 Å². The molecule has 5 nitrogen and oxygen atoms in total. The molecular formula is C12H21N3O2. The van der Waals surface area contributed by atoms with Gasteiger partial charge in [0.1, 0.15) is 0 Å². The second-order valence-corrected chi connectivity index (χ2v) is 4.74. The Bertz CT molecular complexity index is 332. The number of hydrogen-bond acceptors (Lipinski definition) is 5. The Balaban J connectivity index is 2.01. The summed E-state index contributed by atoms with van der Waals surface area (Å²) in [5, 5.41) is 3.95. The first kappa shape index (κ1) is 12.5. The molecule has 1 saturated carbocycles. The molecule has 0 amide bonds. The van der Waals surface area contributed by atoms with Crippen molar-refractivity contribution in [2.45, 2.75) is 50.5 Å². The molecule has 0 spiro atoms. The maximum Gasteiger partial charge on any atom is 0.229 e. The summed E-state index contributed by atoms with van der Waals surface area (Å²) in [4.78, 5) is 4.41. The lowest BCUT2D eigenvalue weighted by Crippen LogP contribution is -2.17. The Hall–Kier alpha value is -0.940. The lowest BCUT2D eigenvalue weighted by Gasteiger charge is -2.07. The van der Waals surface area contributed by atoms with E-state index >= 15 is 0 Å². The third-order valence-corrected chi connectivity index (χ3v) is 3.34. The van der Waals surface area contributed by atoms with E-state index in [0.29, 0.717) is 18.3 Å². The molecule has 0 radical (unpaired) electrons. The Labute approximate surface area is 102 Å². The minimum absolute atomic E-state index is 0.289. The topological polar surface area (TPSA) is 74.2 Å². The smallest absolute Gasteiger partial charge is 0.229 e. The SMILES string of the molecule is COCC(N)c1noc(C2CCCCCC2)n1. The van der Waals surface area contributed by atoms with Crippen molar-refractivity contribution in [2.75, 3.05) is 13.7 Å².